The van der Waals surface area contributed by atoms with Gasteiger partial charge in [0.05, 0.1) is 18.2 Å². The van der Waals surface area contributed by atoms with E-state index in [9.17, 15) is 9.59 Å². The van der Waals surface area contributed by atoms with Gasteiger partial charge in [-0.15, -0.1) is 0 Å². The van der Waals surface area contributed by atoms with Crippen LogP contribution in [0.5, 0.6) is 0 Å². The maximum absolute atomic E-state index is 12.7. The zero-order chi connectivity index (χ0) is 19.4. The molecule has 0 radical (unpaired) electrons. The summed E-state index contributed by atoms with van der Waals surface area (Å²) in [5, 5.41) is 10.2. The number of carbonyl (C=O) groups excluding carboxylic acids is 2. The monoisotopic (exact) mass is 369 g/mol. The number of benzene rings is 1. The molecule has 1 atom stereocenters. The van der Waals surface area contributed by atoms with E-state index in [1.165, 1.54) is 0 Å². The first kappa shape index (κ1) is 19.1. The van der Waals surface area contributed by atoms with E-state index in [1.54, 1.807) is 4.68 Å². The molecule has 2 heterocycles. The van der Waals surface area contributed by atoms with Crippen LogP contribution in [0.25, 0.3) is 0 Å². The van der Waals surface area contributed by atoms with E-state index in [-0.39, 0.29) is 18.2 Å². The summed E-state index contributed by atoms with van der Waals surface area (Å²) in [6, 6.07) is 9.54. The molecule has 1 aliphatic rings. The molecule has 0 saturated carbocycles. The second kappa shape index (κ2) is 8.35. The molecule has 1 aromatic heterocycles. The molecular formula is C20H27N5O2. The average molecular weight is 369 g/mol. The van der Waals surface area contributed by atoms with Gasteiger partial charge >= 0.3 is 0 Å². The van der Waals surface area contributed by atoms with Gasteiger partial charge in [-0.2, -0.15) is 5.10 Å². The van der Waals surface area contributed by atoms with Gasteiger partial charge in [-0.1, -0.05) is 37.3 Å². The fraction of sp³-hybridized carbons (Fsp3) is 0.450. The molecule has 1 unspecified atom stereocenters. The summed E-state index contributed by atoms with van der Waals surface area (Å²) < 4.78 is 1.69. The van der Waals surface area contributed by atoms with Crippen molar-refractivity contribution in [2.45, 2.75) is 39.3 Å². The van der Waals surface area contributed by atoms with E-state index in [2.05, 4.69) is 20.6 Å². The van der Waals surface area contributed by atoms with E-state index < -0.39 is 6.04 Å². The topological polar surface area (TPSA) is 79.3 Å². The van der Waals surface area contributed by atoms with Crippen LogP contribution in [0.2, 0.25) is 0 Å². The van der Waals surface area contributed by atoms with Crippen LogP contribution in [-0.4, -0.2) is 45.6 Å². The number of aryl methyl sites for hydroxylation is 2. The Hall–Kier alpha value is -2.67. The van der Waals surface area contributed by atoms with Crippen molar-refractivity contribution in [2.24, 2.45) is 7.05 Å². The highest BCUT2D eigenvalue weighted by Crippen LogP contribution is 2.20. The number of aromatic nitrogens is 2. The number of nitrogens with one attached hydrogen (secondary N) is 2. The van der Waals surface area contributed by atoms with Crippen molar-refractivity contribution in [3.63, 3.8) is 0 Å². The summed E-state index contributed by atoms with van der Waals surface area (Å²) in [6.07, 6.45) is 0.908. The quantitative estimate of drug-likeness (QED) is 0.811. The second-order valence-electron chi connectivity index (χ2n) is 6.90. The molecule has 0 spiro atoms. The first-order chi connectivity index (χ1) is 13.0. The van der Waals surface area contributed by atoms with E-state index in [0.717, 1.165) is 29.8 Å². The van der Waals surface area contributed by atoms with Crippen molar-refractivity contribution in [1.82, 2.24) is 20.0 Å². The van der Waals surface area contributed by atoms with Crippen LogP contribution >= 0.6 is 0 Å². The summed E-state index contributed by atoms with van der Waals surface area (Å²) >= 11 is 0. The number of amides is 2. The van der Waals surface area contributed by atoms with Crippen molar-refractivity contribution >= 4 is 17.6 Å². The molecule has 1 aliphatic heterocycles. The molecule has 144 valence electrons. The summed E-state index contributed by atoms with van der Waals surface area (Å²) in [5.41, 5.74) is 3.07. The van der Waals surface area contributed by atoms with E-state index in [0.29, 0.717) is 18.9 Å². The maximum atomic E-state index is 12.7. The third kappa shape index (κ3) is 4.36. The van der Waals surface area contributed by atoms with Crippen LogP contribution in [0.3, 0.4) is 0 Å². The minimum absolute atomic E-state index is 0.0933. The van der Waals surface area contributed by atoms with Gasteiger partial charge < -0.3 is 10.6 Å². The first-order valence-electron chi connectivity index (χ1n) is 9.37. The fourth-order valence-corrected chi connectivity index (χ4v) is 3.63. The predicted molar refractivity (Wildman–Crippen MR) is 104 cm³/mol. The number of nitrogens with zero attached hydrogens (tertiary/aromatic N) is 3. The van der Waals surface area contributed by atoms with Gasteiger partial charge in [0.1, 0.15) is 5.82 Å². The summed E-state index contributed by atoms with van der Waals surface area (Å²) in [5.74, 6) is 0.447. The van der Waals surface area contributed by atoms with E-state index in [4.69, 9.17) is 0 Å². The average Bonchev–Trinajstić information content (AvgIpc) is 2.91. The van der Waals surface area contributed by atoms with Crippen molar-refractivity contribution in [2.75, 3.05) is 18.4 Å². The molecule has 3 rings (SSSR count). The van der Waals surface area contributed by atoms with Gasteiger partial charge in [0.15, 0.2) is 0 Å². The van der Waals surface area contributed by atoms with Crippen LogP contribution < -0.4 is 10.6 Å². The Bertz CT molecular complexity index is 815. The number of carbonyl (C=O) groups is 2. The number of anilines is 1. The molecule has 2 amide bonds. The largest absolute Gasteiger partial charge is 0.353 e. The number of piperazine rings is 1. The van der Waals surface area contributed by atoms with Crippen LogP contribution in [0.4, 0.5) is 5.82 Å². The van der Waals surface area contributed by atoms with Crippen LogP contribution in [0.15, 0.2) is 30.3 Å². The number of hydrogen-bond donors (Lipinski definition) is 2. The van der Waals surface area contributed by atoms with Crippen LogP contribution in [-0.2, 0) is 29.6 Å². The number of hydrogen-bond acceptors (Lipinski definition) is 4. The Morgan fingerprint density at radius 2 is 2.07 bits per heavy atom. The lowest BCUT2D eigenvalue weighted by Gasteiger charge is -2.34. The van der Waals surface area contributed by atoms with Crippen molar-refractivity contribution in [1.29, 1.82) is 0 Å². The molecule has 1 fully saturated rings. The first-order valence-corrected chi connectivity index (χ1v) is 9.37. The molecular weight excluding hydrogens is 342 g/mol. The van der Waals surface area contributed by atoms with Gasteiger partial charge in [-0.05, 0) is 18.9 Å². The minimum Gasteiger partial charge on any atom is -0.353 e. The van der Waals surface area contributed by atoms with Gasteiger partial charge in [-0.3, -0.25) is 19.2 Å². The van der Waals surface area contributed by atoms with Gasteiger partial charge in [-0.25, -0.2) is 0 Å². The molecule has 1 aromatic carbocycles. The molecule has 7 heteroatoms. The highest BCUT2D eigenvalue weighted by atomic mass is 16.2. The zero-order valence-corrected chi connectivity index (χ0v) is 16.2. The third-order valence-electron chi connectivity index (χ3n) is 5.01. The second-order valence-corrected chi connectivity index (χ2v) is 6.90. The highest BCUT2D eigenvalue weighted by molar-refractivity contribution is 5.95. The maximum Gasteiger partial charge on any atom is 0.237 e. The van der Waals surface area contributed by atoms with E-state index in [1.807, 2.05) is 51.2 Å². The Balaban J connectivity index is 1.71. The molecule has 27 heavy (non-hydrogen) atoms. The van der Waals surface area contributed by atoms with E-state index >= 15 is 0 Å². The minimum atomic E-state index is -0.474. The van der Waals surface area contributed by atoms with Gasteiger partial charge in [0, 0.05) is 32.2 Å². The Labute approximate surface area is 159 Å². The van der Waals surface area contributed by atoms with Crippen molar-refractivity contribution < 1.29 is 9.59 Å². The van der Waals surface area contributed by atoms with Gasteiger partial charge in [0.2, 0.25) is 11.8 Å². The normalized spacial score (nSPS) is 17.6. The molecule has 7 nitrogen and oxygen atoms in total. The molecule has 2 N–H and O–H groups in total. The smallest absolute Gasteiger partial charge is 0.237 e. The molecule has 0 bridgehead atoms. The van der Waals surface area contributed by atoms with Crippen molar-refractivity contribution in [3.8, 4) is 0 Å². The lowest BCUT2D eigenvalue weighted by atomic mass is 10.1. The highest BCUT2D eigenvalue weighted by Gasteiger charge is 2.32. The van der Waals surface area contributed by atoms with Crippen molar-refractivity contribution in [3.05, 3.63) is 47.2 Å². The van der Waals surface area contributed by atoms with Crippen LogP contribution in [0.1, 0.15) is 30.2 Å². The summed E-state index contributed by atoms with van der Waals surface area (Å²) in [7, 11) is 1.82. The fourth-order valence-electron chi connectivity index (χ4n) is 3.63. The SMILES string of the molecule is CCc1c(C)nn(C)c1NC(=O)CC1C(=O)NCCN1Cc1ccccc1. The predicted octanol–water partition coefficient (Wildman–Crippen LogP) is 1.62. The van der Waals surface area contributed by atoms with Gasteiger partial charge in [0.25, 0.3) is 0 Å². The number of rotatable bonds is 6. The van der Waals surface area contributed by atoms with Crippen LogP contribution in [0, 0.1) is 6.92 Å². The Kier molecular flexibility index (Phi) is 5.91. The lowest BCUT2D eigenvalue weighted by molar-refractivity contribution is -0.132. The lowest BCUT2D eigenvalue weighted by Crippen LogP contribution is -2.55. The standard InChI is InChI=1S/C20H27N5O2/c1-4-16-14(2)23-24(3)19(16)22-18(26)12-17-20(27)21-10-11-25(17)13-15-8-6-5-7-9-15/h5-9,17H,4,10-13H2,1-3H3,(H,21,27)(H,22,26). The zero-order valence-electron chi connectivity index (χ0n) is 16.2. The third-order valence-corrected chi connectivity index (χ3v) is 5.01. The Morgan fingerprint density at radius 1 is 1.33 bits per heavy atom. The molecule has 0 aliphatic carbocycles. The molecule has 2 aromatic rings. The summed E-state index contributed by atoms with van der Waals surface area (Å²) in [6.45, 7) is 5.95. The molecule has 1 saturated heterocycles. The Morgan fingerprint density at radius 3 is 2.78 bits per heavy atom. The summed E-state index contributed by atoms with van der Waals surface area (Å²) in [4.78, 5) is 27.2.